The predicted molar refractivity (Wildman–Crippen MR) is 98.2 cm³/mol. The molecule has 5 nitrogen and oxygen atoms in total. The minimum Gasteiger partial charge on any atom is -0.476 e. The van der Waals surface area contributed by atoms with Crippen molar-refractivity contribution < 1.29 is 4.74 Å². The van der Waals surface area contributed by atoms with Crippen molar-refractivity contribution in [3.8, 4) is 5.88 Å². The zero-order valence-corrected chi connectivity index (χ0v) is 13.9. The molecular weight excluding hydrogens is 308 g/mol. The lowest BCUT2D eigenvalue weighted by atomic mass is 10.2. The minimum absolute atomic E-state index is 0.539. The van der Waals surface area contributed by atoms with Crippen LogP contribution in [-0.4, -0.2) is 21.5 Å². The molecule has 0 aliphatic carbocycles. The van der Waals surface area contributed by atoms with Gasteiger partial charge in [-0.25, -0.2) is 0 Å². The van der Waals surface area contributed by atoms with Crippen LogP contribution in [0.1, 0.15) is 6.92 Å². The lowest BCUT2D eigenvalue weighted by Crippen LogP contribution is -2.18. The van der Waals surface area contributed by atoms with Crippen molar-refractivity contribution in [1.29, 1.82) is 0 Å². The van der Waals surface area contributed by atoms with Crippen molar-refractivity contribution in [3.05, 3.63) is 48.5 Å². The van der Waals surface area contributed by atoms with Gasteiger partial charge in [0.1, 0.15) is 0 Å². The summed E-state index contributed by atoms with van der Waals surface area (Å²) in [6.07, 6.45) is 0. The number of para-hydroxylation sites is 1. The number of ether oxygens (including phenoxy) is 1. The lowest BCUT2D eigenvalue weighted by molar-refractivity contribution is 0.326. The van der Waals surface area contributed by atoms with Crippen LogP contribution in [0.2, 0.25) is 0 Å². The Bertz CT molecular complexity index is 829. The van der Waals surface area contributed by atoms with Crippen LogP contribution in [0.15, 0.2) is 48.5 Å². The molecule has 23 heavy (non-hydrogen) atoms. The van der Waals surface area contributed by atoms with E-state index in [0.29, 0.717) is 17.6 Å². The number of thiocarbonyl (C=S) groups is 1. The molecule has 2 N–H and O–H groups in total. The molecule has 0 aliphatic rings. The van der Waals surface area contributed by atoms with E-state index < -0.39 is 0 Å². The van der Waals surface area contributed by atoms with E-state index in [4.69, 9.17) is 17.0 Å². The highest BCUT2D eigenvalue weighted by Crippen LogP contribution is 2.27. The summed E-state index contributed by atoms with van der Waals surface area (Å²) in [6.45, 7) is 2.53. The second-order valence-electron chi connectivity index (χ2n) is 5.04. The monoisotopic (exact) mass is 326 g/mol. The molecule has 0 amide bonds. The number of benzene rings is 2. The summed E-state index contributed by atoms with van der Waals surface area (Å²) in [5.74, 6) is 0.635. The van der Waals surface area contributed by atoms with Gasteiger partial charge in [-0.1, -0.05) is 18.2 Å². The number of aryl methyl sites for hydroxylation is 1. The van der Waals surface area contributed by atoms with Crippen LogP contribution in [-0.2, 0) is 7.05 Å². The minimum atomic E-state index is 0.539. The first kappa shape index (κ1) is 15.3. The molecule has 0 fully saturated rings. The Morgan fingerprint density at radius 3 is 2.61 bits per heavy atom. The number of hydrogen-bond acceptors (Lipinski definition) is 3. The van der Waals surface area contributed by atoms with Gasteiger partial charge in [-0.05, 0) is 49.5 Å². The molecule has 0 spiro atoms. The number of aromatic nitrogens is 2. The molecule has 3 aromatic rings. The van der Waals surface area contributed by atoms with Gasteiger partial charge >= 0.3 is 0 Å². The third kappa shape index (κ3) is 3.43. The standard InChI is InChI=1S/C17H18N4OS/c1-3-22-16-14-11-13(9-10-15(14)21(2)20-16)19-17(23)18-12-7-5-4-6-8-12/h4-11H,3H2,1-2H3,(H2,18,19,23). The first-order valence-electron chi connectivity index (χ1n) is 7.40. The maximum atomic E-state index is 5.59. The Morgan fingerprint density at radius 2 is 1.87 bits per heavy atom. The van der Waals surface area contributed by atoms with Gasteiger partial charge in [0.15, 0.2) is 5.11 Å². The van der Waals surface area contributed by atoms with Gasteiger partial charge in [0.05, 0.1) is 17.5 Å². The maximum Gasteiger partial charge on any atom is 0.240 e. The van der Waals surface area contributed by atoms with Crippen molar-refractivity contribution >= 4 is 39.6 Å². The number of rotatable bonds is 4. The van der Waals surface area contributed by atoms with Crippen molar-refractivity contribution in [3.63, 3.8) is 0 Å². The Morgan fingerprint density at radius 1 is 1.13 bits per heavy atom. The Balaban J connectivity index is 1.80. The molecule has 0 bridgehead atoms. The topological polar surface area (TPSA) is 51.1 Å². The lowest BCUT2D eigenvalue weighted by Gasteiger charge is -2.10. The molecule has 0 saturated heterocycles. The summed E-state index contributed by atoms with van der Waals surface area (Å²) >= 11 is 5.36. The summed E-state index contributed by atoms with van der Waals surface area (Å²) in [7, 11) is 1.90. The van der Waals surface area contributed by atoms with E-state index in [1.807, 2.05) is 67.2 Å². The zero-order valence-electron chi connectivity index (χ0n) is 13.0. The Labute approximate surface area is 140 Å². The fourth-order valence-electron chi connectivity index (χ4n) is 2.37. The number of fused-ring (bicyclic) bond motifs is 1. The molecule has 3 rings (SSSR count). The highest BCUT2D eigenvalue weighted by atomic mass is 32.1. The van der Waals surface area contributed by atoms with E-state index in [2.05, 4.69) is 15.7 Å². The second kappa shape index (κ2) is 6.66. The summed E-state index contributed by atoms with van der Waals surface area (Å²) < 4.78 is 7.40. The van der Waals surface area contributed by atoms with Gasteiger partial charge in [-0.15, -0.1) is 5.10 Å². The number of nitrogens with one attached hydrogen (secondary N) is 2. The molecule has 118 valence electrons. The molecule has 1 heterocycles. The molecule has 0 radical (unpaired) electrons. The summed E-state index contributed by atoms with van der Waals surface area (Å²) in [5, 5.41) is 12.2. The highest BCUT2D eigenvalue weighted by Gasteiger charge is 2.10. The van der Waals surface area contributed by atoms with Gasteiger partial charge < -0.3 is 15.4 Å². The van der Waals surface area contributed by atoms with Crippen molar-refractivity contribution in [2.45, 2.75) is 6.92 Å². The fraction of sp³-hybridized carbons (Fsp3) is 0.176. The summed E-state index contributed by atoms with van der Waals surface area (Å²) in [5.41, 5.74) is 2.85. The first-order valence-corrected chi connectivity index (χ1v) is 7.81. The number of anilines is 2. The van der Waals surface area contributed by atoms with E-state index in [0.717, 1.165) is 22.3 Å². The van der Waals surface area contributed by atoms with Gasteiger partial charge in [0.25, 0.3) is 0 Å². The van der Waals surface area contributed by atoms with Crippen LogP contribution in [0.5, 0.6) is 5.88 Å². The van der Waals surface area contributed by atoms with Crippen LogP contribution < -0.4 is 15.4 Å². The average Bonchev–Trinajstić information content (AvgIpc) is 2.84. The van der Waals surface area contributed by atoms with Gasteiger partial charge in [0.2, 0.25) is 5.88 Å². The first-order chi connectivity index (χ1) is 11.2. The van der Waals surface area contributed by atoms with E-state index in [9.17, 15) is 0 Å². The van der Waals surface area contributed by atoms with E-state index in [-0.39, 0.29) is 0 Å². The molecule has 0 atom stereocenters. The SMILES string of the molecule is CCOc1nn(C)c2ccc(NC(=S)Nc3ccccc3)cc12. The van der Waals surface area contributed by atoms with Gasteiger partial charge in [0, 0.05) is 18.4 Å². The average molecular weight is 326 g/mol. The molecular formula is C17H18N4OS. The molecule has 1 aromatic heterocycles. The molecule has 0 aliphatic heterocycles. The van der Waals surface area contributed by atoms with Gasteiger partial charge in [-0.2, -0.15) is 0 Å². The van der Waals surface area contributed by atoms with E-state index in [1.165, 1.54) is 0 Å². The number of nitrogens with zero attached hydrogens (tertiary/aromatic N) is 2. The summed E-state index contributed by atoms with van der Waals surface area (Å²) in [6, 6.07) is 15.8. The Hall–Kier alpha value is -2.60. The maximum absolute atomic E-state index is 5.59. The number of hydrogen-bond donors (Lipinski definition) is 2. The molecule has 0 unspecified atom stereocenters. The van der Waals surface area contributed by atoms with Gasteiger partial charge in [-0.3, -0.25) is 4.68 Å². The normalized spacial score (nSPS) is 10.5. The smallest absolute Gasteiger partial charge is 0.240 e. The van der Waals surface area contributed by atoms with E-state index >= 15 is 0 Å². The van der Waals surface area contributed by atoms with Crippen LogP contribution in [0.25, 0.3) is 10.9 Å². The predicted octanol–water partition coefficient (Wildman–Crippen LogP) is 3.78. The van der Waals surface area contributed by atoms with Crippen molar-refractivity contribution in [2.24, 2.45) is 7.05 Å². The third-order valence-electron chi connectivity index (χ3n) is 3.39. The largest absolute Gasteiger partial charge is 0.476 e. The fourth-order valence-corrected chi connectivity index (χ4v) is 2.61. The van der Waals surface area contributed by atoms with Crippen molar-refractivity contribution in [1.82, 2.24) is 9.78 Å². The summed E-state index contributed by atoms with van der Waals surface area (Å²) in [4.78, 5) is 0. The zero-order chi connectivity index (χ0) is 16.2. The molecule has 2 aromatic carbocycles. The highest BCUT2D eigenvalue weighted by molar-refractivity contribution is 7.80. The Kier molecular flexibility index (Phi) is 4.43. The quantitative estimate of drug-likeness (QED) is 0.715. The van der Waals surface area contributed by atoms with Crippen LogP contribution >= 0.6 is 12.2 Å². The van der Waals surface area contributed by atoms with Crippen LogP contribution in [0.3, 0.4) is 0 Å². The molecule has 6 heteroatoms. The van der Waals surface area contributed by atoms with Crippen LogP contribution in [0.4, 0.5) is 11.4 Å². The van der Waals surface area contributed by atoms with E-state index in [1.54, 1.807) is 0 Å². The third-order valence-corrected chi connectivity index (χ3v) is 3.59. The molecule has 0 saturated carbocycles. The van der Waals surface area contributed by atoms with Crippen LogP contribution in [0, 0.1) is 0 Å². The second-order valence-corrected chi connectivity index (χ2v) is 5.45. The van der Waals surface area contributed by atoms with Crippen molar-refractivity contribution in [2.75, 3.05) is 17.2 Å².